The number of carbonyl (C=O) groups is 1. The van der Waals surface area contributed by atoms with Gasteiger partial charge < -0.3 is 20.9 Å². The summed E-state index contributed by atoms with van der Waals surface area (Å²) in [7, 11) is 0. The fourth-order valence-electron chi connectivity index (χ4n) is 4.73. The maximum atomic E-state index is 11.9. The van der Waals surface area contributed by atoms with Crippen molar-refractivity contribution in [3.8, 4) is 0 Å². The summed E-state index contributed by atoms with van der Waals surface area (Å²) in [6, 6.07) is 7.28. The van der Waals surface area contributed by atoms with Gasteiger partial charge in [0.05, 0.1) is 5.69 Å². The number of hydrogen-bond donors (Lipinski definition) is 3. The molecule has 2 fully saturated rings. The number of pyridine rings is 1. The molecule has 8 heteroatoms. The van der Waals surface area contributed by atoms with Crippen molar-refractivity contribution in [3.63, 3.8) is 0 Å². The van der Waals surface area contributed by atoms with Crippen LogP contribution in [-0.4, -0.2) is 44.2 Å². The average molecular weight is 377 g/mol. The number of primary amides is 1. The van der Waals surface area contributed by atoms with E-state index in [-0.39, 0.29) is 11.7 Å². The number of nitrogens with zero attached hydrogens (tertiary/aromatic N) is 4. The van der Waals surface area contributed by atoms with E-state index in [0.717, 1.165) is 36.9 Å². The van der Waals surface area contributed by atoms with Crippen LogP contribution < -0.4 is 16.0 Å². The lowest BCUT2D eigenvalue weighted by molar-refractivity contribution is 0.0995. The van der Waals surface area contributed by atoms with Gasteiger partial charge in [-0.05, 0) is 50.3 Å². The van der Waals surface area contributed by atoms with Crippen molar-refractivity contribution >= 4 is 28.4 Å². The van der Waals surface area contributed by atoms with E-state index in [1.54, 1.807) is 6.20 Å². The Morgan fingerprint density at radius 1 is 1.21 bits per heavy atom. The van der Waals surface area contributed by atoms with Gasteiger partial charge in [0.2, 0.25) is 0 Å². The van der Waals surface area contributed by atoms with Gasteiger partial charge in [0.1, 0.15) is 5.82 Å². The van der Waals surface area contributed by atoms with Crippen molar-refractivity contribution in [2.45, 2.75) is 50.7 Å². The van der Waals surface area contributed by atoms with Crippen molar-refractivity contribution in [2.75, 3.05) is 10.2 Å². The van der Waals surface area contributed by atoms with Gasteiger partial charge in [-0.15, -0.1) is 10.2 Å². The first-order valence-electron chi connectivity index (χ1n) is 9.71. The zero-order chi connectivity index (χ0) is 19.3. The molecule has 0 radical (unpaired) electrons. The quantitative estimate of drug-likeness (QED) is 0.643. The second-order valence-electron chi connectivity index (χ2n) is 7.83. The molecule has 3 aromatic heterocycles. The molecule has 4 N–H and O–H groups in total. The number of amides is 1. The van der Waals surface area contributed by atoms with Crippen LogP contribution in [-0.2, 0) is 0 Å². The third-order valence-electron chi connectivity index (χ3n) is 5.96. The van der Waals surface area contributed by atoms with Crippen LogP contribution in [0.25, 0.3) is 11.0 Å². The van der Waals surface area contributed by atoms with E-state index >= 15 is 0 Å². The summed E-state index contributed by atoms with van der Waals surface area (Å²) in [4.78, 5) is 22.1. The highest BCUT2D eigenvalue weighted by Gasteiger charge is 2.41. The highest BCUT2D eigenvalue weighted by molar-refractivity contribution is 6.04. The number of hydrogen-bond acceptors (Lipinski definition) is 6. The van der Waals surface area contributed by atoms with E-state index in [4.69, 9.17) is 5.73 Å². The fourth-order valence-corrected chi connectivity index (χ4v) is 4.73. The maximum Gasteiger partial charge on any atom is 0.271 e. The third kappa shape index (κ3) is 2.76. The molecule has 0 aromatic carbocycles. The highest BCUT2D eigenvalue weighted by Crippen LogP contribution is 2.40. The van der Waals surface area contributed by atoms with Crippen molar-refractivity contribution < 1.29 is 4.79 Å². The Labute approximate surface area is 162 Å². The molecule has 0 aliphatic carbocycles. The number of aromatic amines is 1. The minimum Gasteiger partial charge on any atom is -0.380 e. The van der Waals surface area contributed by atoms with Gasteiger partial charge in [-0.2, -0.15) is 0 Å². The van der Waals surface area contributed by atoms with Crippen LogP contribution in [0.5, 0.6) is 0 Å². The summed E-state index contributed by atoms with van der Waals surface area (Å²) < 4.78 is 0. The second kappa shape index (κ2) is 6.47. The lowest BCUT2D eigenvalue weighted by Gasteiger charge is -2.40. The lowest BCUT2D eigenvalue weighted by atomic mass is 9.96. The number of rotatable bonds is 4. The number of piperidine rings is 1. The highest BCUT2D eigenvalue weighted by atomic mass is 16.1. The maximum absolute atomic E-state index is 11.9. The Morgan fingerprint density at radius 3 is 2.68 bits per heavy atom. The summed E-state index contributed by atoms with van der Waals surface area (Å²) in [6.45, 7) is 2.06. The van der Waals surface area contributed by atoms with Crippen molar-refractivity contribution in [3.05, 3.63) is 41.9 Å². The molecular weight excluding hydrogens is 354 g/mol. The molecule has 28 heavy (non-hydrogen) atoms. The SMILES string of the molecule is Cc1ccc(N2C3CCC2CC(Nc2c(C(N)=O)nnc4[nH]ccc24)C3)nc1. The summed E-state index contributed by atoms with van der Waals surface area (Å²) in [6.07, 6.45) is 8.02. The Bertz CT molecular complexity index is 1010. The van der Waals surface area contributed by atoms with Crippen LogP contribution >= 0.6 is 0 Å². The summed E-state index contributed by atoms with van der Waals surface area (Å²) >= 11 is 0. The molecule has 0 saturated carbocycles. The minimum atomic E-state index is -0.567. The van der Waals surface area contributed by atoms with Crippen LogP contribution in [0.3, 0.4) is 0 Å². The van der Waals surface area contributed by atoms with Crippen LogP contribution in [0, 0.1) is 6.92 Å². The minimum absolute atomic E-state index is 0.196. The number of fused-ring (bicyclic) bond motifs is 3. The second-order valence-corrected chi connectivity index (χ2v) is 7.83. The van der Waals surface area contributed by atoms with Gasteiger partial charge in [0, 0.05) is 35.9 Å². The summed E-state index contributed by atoms with van der Waals surface area (Å²) in [5, 5.41) is 12.5. The lowest BCUT2D eigenvalue weighted by Crippen LogP contribution is -2.47. The number of carbonyl (C=O) groups excluding carboxylic acids is 1. The smallest absolute Gasteiger partial charge is 0.271 e. The zero-order valence-corrected chi connectivity index (χ0v) is 15.7. The molecular formula is C20H23N7O. The number of nitrogens with one attached hydrogen (secondary N) is 2. The average Bonchev–Trinajstić information content (AvgIpc) is 3.25. The van der Waals surface area contributed by atoms with E-state index in [9.17, 15) is 4.79 Å². The molecule has 3 aromatic rings. The number of anilines is 2. The van der Waals surface area contributed by atoms with Gasteiger partial charge in [-0.3, -0.25) is 4.79 Å². The molecule has 1 amide bonds. The number of H-pyrrole nitrogens is 1. The largest absolute Gasteiger partial charge is 0.380 e. The normalized spacial score (nSPS) is 23.9. The van der Waals surface area contributed by atoms with E-state index in [2.05, 4.69) is 49.4 Å². The predicted octanol–water partition coefficient (Wildman–Crippen LogP) is 2.37. The van der Waals surface area contributed by atoms with Crippen LogP contribution in [0.15, 0.2) is 30.6 Å². The molecule has 2 aliphatic heterocycles. The summed E-state index contributed by atoms with van der Waals surface area (Å²) in [5.74, 6) is 0.496. The molecule has 144 valence electrons. The van der Waals surface area contributed by atoms with E-state index in [0.29, 0.717) is 23.4 Å². The number of aromatic nitrogens is 4. The number of aryl methyl sites for hydroxylation is 1. The Balaban J connectivity index is 1.41. The van der Waals surface area contributed by atoms with Crippen LogP contribution in [0.4, 0.5) is 11.5 Å². The van der Waals surface area contributed by atoms with Gasteiger partial charge in [0.25, 0.3) is 5.91 Å². The predicted molar refractivity (Wildman–Crippen MR) is 107 cm³/mol. The van der Waals surface area contributed by atoms with Crippen LogP contribution in [0.2, 0.25) is 0 Å². The third-order valence-corrected chi connectivity index (χ3v) is 5.96. The molecule has 2 bridgehead atoms. The molecule has 8 nitrogen and oxygen atoms in total. The van der Waals surface area contributed by atoms with Crippen molar-refractivity contribution in [1.29, 1.82) is 0 Å². The topological polar surface area (TPSA) is 113 Å². The molecule has 5 rings (SSSR count). The van der Waals surface area contributed by atoms with Crippen molar-refractivity contribution in [1.82, 2.24) is 20.2 Å². The number of nitrogens with two attached hydrogens (primary N) is 1. The van der Waals surface area contributed by atoms with Crippen LogP contribution in [0.1, 0.15) is 41.7 Å². The van der Waals surface area contributed by atoms with Gasteiger partial charge >= 0.3 is 0 Å². The van der Waals surface area contributed by atoms with E-state index < -0.39 is 5.91 Å². The first kappa shape index (κ1) is 17.0. The molecule has 2 atom stereocenters. The first-order chi connectivity index (χ1) is 13.6. The molecule has 5 heterocycles. The molecule has 0 spiro atoms. The van der Waals surface area contributed by atoms with Crippen molar-refractivity contribution in [2.24, 2.45) is 5.73 Å². The molecule has 2 saturated heterocycles. The van der Waals surface area contributed by atoms with Gasteiger partial charge in [-0.1, -0.05) is 6.07 Å². The first-order valence-corrected chi connectivity index (χ1v) is 9.71. The van der Waals surface area contributed by atoms with E-state index in [1.807, 2.05) is 12.3 Å². The Hall–Kier alpha value is -3.16. The Morgan fingerprint density at radius 2 is 2.00 bits per heavy atom. The summed E-state index contributed by atoms with van der Waals surface area (Å²) in [5.41, 5.74) is 8.25. The Kier molecular flexibility index (Phi) is 3.92. The molecule has 2 aliphatic rings. The standard InChI is InChI=1S/C20H23N7O/c1-11-2-5-16(23-10-11)27-13-3-4-14(27)9-12(8-13)24-17-15-6-7-22-20(15)26-25-18(17)19(21)28/h2,5-7,10,12-14H,3-4,8-9H2,1H3,(H2,21,28)(H2,22,24,26). The monoisotopic (exact) mass is 377 g/mol. The molecule has 2 unspecified atom stereocenters. The fraction of sp³-hybridized carbons (Fsp3) is 0.400. The zero-order valence-electron chi connectivity index (χ0n) is 15.7. The van der Waals surface area contributed by atoms with Gasteiger partial charge in [0.15, 0.2) is 11.3 Å². The van der Waals surface area contributed by atoms with E-state index in [1.165, 1.54) is 5.56 Å². The van der Waals surface area contributed by atoms with Gasteiger partial charge in [-0.25, -0.2) is 4.98 Å².